The van der Waals surface area contributed by atoms with E-state index in [1.165, 1.54) is 24.3 Å². The van der Waals surface area contributed by atoms with Crippen LogP contribution in [0, 0.1) is 10.1 Å². The van der Waals surface area contributed by atoms with Crippen LogP contribution in [0.15, 0.2) is 48.5 Å². The normalized spacial score (nSPS) is 9.92. The van der Waals surface area contributed by atoms with E-state index in [1.54, 1.807) is 24.3 Å². The SMILES string of the molecule is Nc1ccccc1C(=O)NCCNC(=O)Nc1ccc([N+](=O)[O-])cc1. The Kier molecular flexibility index (Phi) is 5.88. The molecule has 25 heavy (non-hydrogen) atoms. The molecule has 9 heteroatoms. The zero-order valence-electron chi connectivity index (χ0n) is 13.2. The molecule has 0 radical (unpaired) electrons. The van der Waals surface area contributed by atoms with E-state index in [4.69, 9.17) is 5.73 Å². The summed E-state index contributed by atoms with van der Waals surface area (Å²) < 4.78 is 0. The minimum atomic E-state index is -0.522. The second-order valence-electron chi connectivity index (χ2n) is 5.03. The Bertz CT molecular complexity index is 776. The van der Waals surface area contributed by atoms with E-state index < -0.39 is 11.0 Å². The van der Waals surface area contributed by atoms with Gasteiger partial charge < -0.3 is 21.7 Å². The number of nitrogens with one attached hydrogen (secondary N) is 3. The topological polar surface area (TPSA) is 139 Å². The molecule has 2 rings (SSSR count). The van der Waals surface area contributed by atoms with Crippen LogP contribution >= 0.6 is 0 Å². The lowest BCUT2D eigenvalue weighted by Crippen LogP contribution is -2.36. The highest BCUT2D eigenvalue weighted by atomic mass is 16.6. The molecule has 9 nitrogen and oxygen atoms in total. The number of nitrogens with zero attached hydrogens (tertiary/aromatic N) is 1. The molecule has 3 amide bonds. The Morgan fingerprint density at radius 1 is 1.00 bits per heavy atom. The fraction of sp³-hybridized carbons (Fsp3) is 0.125. The lowest BCUT2D eigenvalue weighted by Gasteiger charge is -2.09. The first-order chi connectivity index (χ1) is 12.0. The van der Waals surface area contributed by atoms with E-state index >= 15 is 0 Å². The maximum atomic E-state index is 11.9. The smallest absolute Gasteiger partial charge is 0.319 e. The second-order valence-corrected chi connectivity index (χ2v) is 5.03. The maximum Gasteiger partial charge on any atom is 0.319 e. The molecule has 0 atom stereocenters. The predicted molar refractivity (Wildman–Crippen MR) is 93.3 cm³/mol. The summed E-state index contributed by atoms with van der Waals surface area (Å²) in [5.74, 6) is -0.323. The number of hydrogen-bond acceptors (Lipinski definition) is 5. The Morgan fingerprint density at radius 3 is 2.28 bits per heavy atom. The molecule has 0 spiro atoms. The summed E-state index contributed by atoms with van der Waals surface area (Å²) in [6.07, 6.45) is 0. The van der Waals surface area contributed by atoms with Crippen molar-refractivity contribution >= 4 is 29.0 Å². The molecular weight excluding hydrogens is 326 g/mol. The van der Waals surface area contributed by atoms with Crippen LogP contribution in [0.5, 0.6) is 0 Å². The van der Waals surface area contributed by atoms with Gasteiger partial charge in [0.25, 0.3) is 11.6 Å². The summed E-state index contributed by atoms with van der Waals surface area (Å²) in [5, 5.41) is 18.3. The van der Waals surface area contributed by atoms with Gasteiger partial charge in [-0.2, -0.15) is 0 Å². The van der Waals surface area contributed by atoms with Crippen molar-refractivity contribution in [3.05, 3.63) is 64.2 Å². The van der Waals surface area contributed by atoms with Gasteiger partial charge in [0.1, 0.15) is 0 Å². The largest absolute Gasteiger partial charge is 0.398 e. The van der Waals surface area contributed by atoms with Crippen LogP contribution in [0.3, 0.4) is 0 Å². The number of amides is 3. The monoisotopic (exact) mass is 343 g/mol. The van der Waals surface area contributed by atoms with E-state index in [1.807, 2.05) is 0 Å². The highest BCUT2D eigenvalue weighted by molar-refractivity contribution is 5.99. The van der Waals surface area contributed by atoms with E-state index in [-0.39, 0.29) is 24.7 Å². The number of nitro groups is 1. The average Bonchev–Trinajstić information content (AvgIpc) is 2.59. The standard InChI is InChI=1S/C16H17N5O4/c17-14-4-2-1-3-13(14)15(22)18-9-10-19-16(23)20-11-5-7-12(8-6-11)21(24)25/h1-8H,9-10,17H2,(H,18,22)(H2,19,20,23). The van der Waals surface area contributed by atoms with Crippen LogP contribution in [0.4, 0.5) is 21.9 Å². The maximum absolute atomic E-state index is 11.9. The van der Waals surface area contributed by atoms with E-state index in [0.717, 1.165) is 0 Å². The lowest BCUT2D eigenvalue weighted by molar-refractivity contribution is -0.384. The first kappa shape index (κ1) is 17.7. The van der Waals surface area contributed by atoms with Crippen LogP contribution in [0.1, 0.15) is 10.4 Å². The summed E-state index contributed by atoms with van der Waals surface area (Å²) in [5.41, 5.74) is 6.82. The number of para-hydroxylation sites is 1. The van der Waals surface area contributed by atoms with Gasteiger partial charge in [-0.1, -0.05) is 12.1 Å². The predicted octanol–water partition coefficient (Wildman–Crippen LogP) is 1.73. The number of nitrogens with two attached hydrogens (primary N) is 1. The molecule has 0 unspecified atom stereocenters. The van der Waals surface area contributed by atoms with Gasteiger partial charge in [-0.05, 0) is 24.3 Å². The second kappa shape index (κ2) is 8.29. The zero-order valence-corrected chi connectivity index (χ0v) is 13.2. The third-order valence-electron chi connectivity index (χ3n) is 3.24. The fourth-order valence-corrected chi connectivity index (χ4v) is 1.99. The Balaban J connectivity index is 1.72. The number of non-ortho nitro benzene ring substituents is 1. The van der Waals surface area contributed by atoms with Gasteiger partial charge in [0.15, 0.2) is 0 Å². The van der Waals surface area contributed by atoms with Gasteiger partial charge in [0.2, 0.25) is 0 Å². The molecule has 0 aliphatic heterocycles. The number of carbonyl (C=O) groups is 2. The molecule has 0 aliphatic carbocycles. The number of anilines is 2. The van der Waals surface area contributed by atoms with Crippen LogP contribution in [-0.2, 0) is 0 Å². The van der Waals surface area contributed by atoms with Crippen LogP contribution in [0.25, 0.3) is 0 Å². The number of benzene rings is 2. The number of nitrogen functional groups attached to an aromatic ring is 1. The van der Waals surface area contributed by atoms with Crippen molar-refractivity contribution in [3.63, 3.8) is 0 Å². The Hall–Kier alpha value is -3.62. The van der Waals surface area contributed by atoms with E-state index in [2.05, 4.69) is 16.0 Å². The molecule has 0 fully saturated rings. The van der Waals surface area contributed by atoms with E-state index in [0.29, 0.717) is 16.9 Å². The summed E-state index contributed by atoms with van der Waals surface area (Å²) in [4.78, 5) is 33.7. The van der Waals surface area contributed by atoms with Crippen LogP contribution < -0.4 is 21.7 Å². The molecule has 0 saturated heterocycles. The molecule has 130 valence electrons. The lowest BCUT2D eigenvalue weighted by atomic mass is 10.2. The third kappa shape index (κ3) is 5.20. The van der Waals surface area contributed by atoms with Gasteiger partial charge in [-0.3, -0.25) is 14.9 Å². The fourth-order valence-electron chi connectivity index (χ4n) is 1.99. The number of rotatable bonds is 6. The summed E-state index contributed by atoms with van der Waals surface area (Å²) in [6, 6.07) is 11.6. The van der Waals surface area contributed by atoms with Crippen molar-refractivity contribution in [2.45, 2.75) is 0 Å². The van der Waals surface area contributed by atoms with Gasteiger partial charge in [-0.15, -0.1) is 0 Å². The van der Waals surface area contributed by atoms with E-state index in [9.17, 15) is 19.7 Å². The molecule has 2 aromatic rings. The van der Waals surface area contributed by atoms with Gasteiger partial charge in [0.05, 0.1) is 10.5 Å². The quantitative estimate of drug-likeness (QED) is 0.274. The Labute approximate surface area is 143 Å². The first-order valence-electron chi connectivity index (χ1n) is 7.39. The minimum absolute atomic E-state index is 0.0612. The van der Waals surface area contributed by atoms with Gasteiger partial charge in [-0.25, -0.2) is 4.79 Å². The van der Waals surface area contributed by atoms with Crippen molar-refractivity contribution in [1.29, 1.82) is 0 Å². The molecule has 0 bridgehead atoms. The summed E-state index contributed by atoms with van der Waals surface area (Å²) in [6.45, 7) is 0.429. The van der Waals surface area contributed by atoms with Gasteiger partial charge in [0, 0.05) is 36.6 Å². The molecule has 5 N–H and O–H groups in total. The number of nitro benzene ring substituents is 1. The average molecular weight is 343 g/mol. The van der Waals surface area contributed by atoms with Crippen molar-refractivity contribution in [1.82, 2.24) is 10.6 Å². The van der Waals surface area contributed by atoms with Crippen LogP contribution in [-0.4, -0.2) is 30.0 Å². The summed E-state index contributed by atoms with van der Waals surface area (Å²) in [7, 11) is 0. The molecule has 0 aliphatic rings. The molecule has 0 saturated carbocycles. The molecular formula is C16H17N5O4. The zero-order chi connectivity index (χ0) is 18.2. The highest BCUT2D eigenvalue weighted by Crippen LogP contribution is 2.15. The molecule has 2 aromatic carbocycles. The number of urea groups is 1. The minimum Gasteiger partial charge on any atom is -0.398 e. The molecule has 0 aromatic heterocycles. The van der Waals surface area contributed by atoms with Crippen molar-refractivity contribution in [2.75, 3.05) is 24.1 Å². The van der Waals surface area contributed by atoms with Crippen molar-refractivity contribution in [2.24, 2.45) is 0 Å². The number of carbonyl (C=O) groups excluding carboxylic acids is 2. The van der Waals surface area contributed by atoms with Gasteiger partial charge >= 0.3 is 6.03 Å². The Morgan fingerprint density at radius 2 is 1.64 bits per heavy atom. The summed E-state index contributed by atoms with van der Waals surface area (Å²) >= 11 is 0. The molecule has 0 heterocycles. The third-order valence-corrected chi connectivity index (χ3v) is 3.24. The van der Waals surface area contributed by atoms with Crippen molar-refractivity contribution in [3.8, 4) is 0 Å². The van der Waals surface area contributed by atoms with Crippen molar-refractivity contribution < 1.29 is 14.5 Å². The first-order valence-corrected chi connectivity index (χ1v) is 7.39. The number of hydrogen-bond donors (Lipinski definition) is 4. The van der Waals surface area contributed by atoms with Crippen LogP contribution in [0.2, 0.25) is 0 Å². The highest BCUT2D eigenvalue weighted by Gasteiger charge is 2.09.